The molecule has 0 aromatic rings. The number of hydrogen-bond donors (Lipinski definition) is 1. The van der Waals surface area contributed by atoms with Crippen LogP contribution in [-0.2, 0) is 9.47 Å². The second-order valence-electron chi connectivity index (χ2n) is 3.20. The highest BCUT2D eigenvalue weighted by Gasteiger charge is 2.21. The number of hydrogen-bond acceptors (Lipinski definition) is 4. The average molecular weight is 216 g/mol. The van der Waals surface area contributed by atoms with Crippen LogP contribution in [0.5, 0.6) is 0 Å². The molecule has 1 fully saturated rings. The van der Waals surface area contributed by atoms with Crippen molar-refractivity contribution in [3.63, 3.8) is 0 Å². The van der Waals surface area contributed by atoms with Crippen molar-refractivity contribution in [2.45, 2.75) is 19.8 Å². The van der Waals surface area contributed by atoms with Crippen LogP contribution >= 0.6 is 0 Å². The Morgan fingerprint density at radius 1 is 1.67 bits per heavy atom. The zero-order valence-electron chi connectivity index (χ0n) is 8.82. The van der Waals surface area contributed by atoms with E-state index in [2.05, 4.69) is 5.32 Å². The second-order valence-corrected chi connectivity index (χ2v) is 3.20. The normalized spacial score (nSPS) is 15.0. The summed E-state index contributed by atoms with van der Waals surface area (Å²) in [4.78, 5) is 23.4. The quantitative estimate of drug-likeness (QED) is 0.694. The molecule has 1 rings (SSSR count). The second kappa shape index (κ2) is 6.10. The fourth-order valence-electron chi connectivity index (χ4n) is 1.09. The van der Waals surface area contributed by atoms with Gasteiger partial charge in [0.05, 0.1) is 19.8 Å². The van der Waals surface area contributed by atoms with Gasteiger partial charge < -0.3 is 14.8 Å². The van der Waals surface area contributed by atoms with E-state index in [0.717, 1.165) is 12.8 Å². The fraction of sp³-hybridized carbons (Fsp3) is 0.778. The minimum Gasteiger partial charge on any atom is -0.450 e. The van der Waals surface area contributed by atoms with Gasteiger partial charge in [-0.1, -0.05) is 13.3 Å². The van der Waals surface area contributed by atoms with Gasteiger partial charge in [-0.15, -0.1) is 0 Å². The summed E-state index contributed by atoms with van der Waals surface area (Å²) in [7, 11) is 0. The van der Waals surface area contributed by atoms with Crippen LogP contribution in [0.4, 0.5) is 9.59 Å². The molecule has 1 N–H and O–H groups in total. The van der Waals surface area contributed by atoms with Crippen molar-refractivity contribution in [2.24, 2.45) is 0 Å². The van der Waals surface area contributed by atoms with Crippen molar-refractivity contribution in [1.82, 2.24) is 10.2 Å². The Morgan fingerprint density at radius 2 is 2.47 bits per heavy atom. The van der Waals surface area contributed by atoms with E-state index in [1.807, 2.05) is 6.92 Å². The summed E-state index contributed by atoms with van der Waals surface area (Å²) >= 11 is 0. The maximum atomic E-state index is 11.1. The molecule has 2 amide bonds. The zero-order valence-corrected chi connectivity index (χ0v) is 8.82. The predicted octanol–water partition coefficient (Wildman–Crippen LogP) is 0.922. The molecule has 0 radical (unpaired) electrons. The van der Waals surface area contributed by atoms with E-state index in [4.69, 9.17) is 9.47 Å². The van der Waals surface area contributed by atoms with Gasteiger partial charge >= 0.3 is 12.2 Å². The van der Waals surface area contributed by atoms with Crippen molar-refractivity contribution in [3.8, 4) is 0 Å². The van der Waals surface area contributed by atoms with E-state index < -0.39 is 12.2 Å². The van der Waals surface area contributed by atoms with Crippen molar-refractivity contribution < 1.29 is 19.1 Å². The van der Waals surface area contributed by atoms with Crippen LogP contribution in [0, 0.1) is 0 Å². The Balaban J connectivity index is 2.08. The number of rotatable bonds is 5. The summed E-state index contributed by atoms with van der Waals surface area (Å²) in [6.07, 6.45) is 0.928. The van der Waals surface area contributed by atoms with Gasteiger partial charge in [0.1, 0.15) is 6.61 Å². The van der Waals surface area contributed by atoms with Crippen LogP contribution in [0.3, 0.4) is 0 Å². The van der Waals surface area contributed by atoms with Crippen LogP contribution in [0.1, 0.15) is 19.8 Å². The third kappa shape index (κ3) is 4.05. The lowest BCUT2D eigenvalue weighted by atomic mass is 10.4. The van der Waals surface area contributed by atoms with E-state index in [1.165, 1.54) is 4.90 Å². The lowest BCUT2D eigenvalue weighted by Crippen LogP contribution is -2.38. The minimum absolute atomic E-state index is 0.143. The number of alkyl carbamates (subject to hydrolysis) is 1. The topological polar surface area (TPSA) is 67.9 Å². The molecule has 1 aliphatic heterocycles. The van der Waals surface area contributed by atoms with Crippen LogP contribution in [0.15, 0.2) is 0 Å². The largest absolute Gasteiger partial charge is 0.450 e. The summed E-state index contributed by atoms with van der Waals surface area (Å²) in [6.45, 7) is 3.46. The highest BCUT2D eigenvalue weighted by molar-refractivity contribution is 5.71. The van der Waals surface area contributed by atoms with Crippen molar-refractivity contribution in [3.05, 3.63) is 0 Å². The molecule has 1 aliphatic rings. The SMILES string of the molecule is CCCCOC(=O)NCN1CCOC1=O. The molecule has 86 valence electrons. The molecule has 0 aliphatic carbocycles. The first kappa shape index (κ1) is 11.6. The third-order valence-electron chi connectivity index (χ3n) is 1.99. The van der Waals surface area contributed by atoms with E-state index in [0.29, 0.717) is 19.8 Å². The number of ether oxygens (including phenoxy) is 2. The Bertz CT molecular complexity index is 232. The molecule has 0 atom stereocenters. The monoisotopic (exact) mass is 216 g/mol. The van der Waals surface area contributed by atoms with Gasteiger partial charge in [0.15, 0.2) is 0 Å². The third-order valence-corrected chi connectivity index (χ3v) is 1.99. The molecule has 1 saturated heterocycles. The standard InChI is InChI=1S/C9H16N2O4/c1-2-3-5-14-8(12)10-7-11-4-6-15-9(11)13/h2-7H2,1H3,(H,10,12). The minimum atomic E-state index is -0.497. The highest BCUT2D eigenvalue weighted by atomic mass is 16.6. The summed E-state index contributed by atoms with van der Waals surface area (Å²) < 4.78 is 9.54. The summed E-state index contributed by atoms with van der Waals surface area (Å²) in [5, 5.41) is 2.48. The van der Waals surface area contributed by atoms with Crippen LogP contribution in [-0.4, -0.2) is 43.5 Å². The Kier molecular flexibility index (Phi) is 4.73. The first-order chi connectivity index (χ1) is 7.24. The molecule has 6 heteroatoms. The molecular formula is C9H16N2O4. The molecule has 0 aromatic carbocycles. The van der Waals surface area contributed by atoms with E-state index in [1.54, 1.807) is 0 Å². The van der Waals surface area contributed by atoms with Gasteiger partial charge in [-0.3, -0.25) is 4.90 Å². The lowest BCUT2D eigenvalue weighted by Gasteiger charge is -2.13. The Labute approximate surface area is 88.5 Å². The zero-order chi connectivity index (χ0) is 11.1. The lowest BCUT2D eigenvalue weighted by molar-refractivity contribution is 0.135. The van der Waals surface area contributed by atoms with Crippen molar-refractivity contribution in [1.29, 1.82) is 0 Å². The average Bonchev–Trinajstić information content (AvgIpc) is 2.61. The maximum absolute atomic E-state index is 11.1. The number of nitrogens with zero attached hydrogens (tertiary/aromatic N) is 1. The van der Waals surface area contributed by atoms with Gasteiger partial charge in [-0.05, 0) is 6.42 Å². The highest BCUT2D eigenvalue weighted by Crippen LogP contribution is 2.00. The number of carbonyl (C=O) groups is 2. The van der Waals surface area contributed by atoms with Crippen LogP contribution in [0.25, 0.3) is 0 Å². The molecule has 0 saturated carbocycles. The molecular weight excluding hydrogens is 200 g/mol. The number of amides is 2. The molecule has 0 spiro atoms. The molecule has 0 unspecified atom stereocenters. The smallest absolute Gasteiger partial charge is 0.411 e. The van der Waals surface area contributed by atoms with Crippen molar-refractivity contribution in [2.75, 3.05) is 26.4 Å². The first-order valence-corrected chi connectivity index (χ1v) is 5.06. The Hall–Kier alpha value is -1.46. The van der Waals surface area contributed by atoms with Gasteiger partial charge in [0.25, 0.3) is 0 Å². The van der Waals surface area contributed by atoms with E-state index in [9.17, 15) is 9.59 Å². The summed E-state index contributed by atoms with van der Waals surface area (Å²) in [5.74, 6) is 0. The number of carbonyl (C=O) groups excluding carboxylic acids is 2. The Morgan fingerprint density at radius 3 is 3.07 bits per heavy atom. The first-order valence-electron chi connectivity index (χ1n) is 5.06. The van der Waals surface area contributed by atoms with E-state index >= 15 is 0 Å². The van der Waals surface area contributed by atoms with Gasteiger partial charge in [-0.2, -0.15) is 0 Å². The summed E-state index contributed by atoms with van der Waals surface area (Å²) in [6, 6.07) is 0. The molecule has 1 heterocycles. The van der Waals surface area contributed by atoms with Gasteiger partial charge in [0.2, 0.25) is 0 Å². The molecule has 0 bridgehead atoms. The predicted molar refractivity (Wildman–Crippen MR) is 52.3 cm³/mol. The number of unbranched alkanes of at least 4 members (excludes halogenated alkanes) is 1. The molecule has 6 nitrogen and oxygen atoms in total. The summed E-state index contributed by atoms with van der Waals surface area (Å²) in [5.41, 5.74) is 0. The van der Waals surface area contributed by atoms with Crippen molar-refractivity contribution >= 4 is 12.2 Å². The van der Waals surface area contributed by atoms with Gasteiger partial charge in [0, 0.05) is 0 Å². The fourth-order valence-corrected chi connectivity index (χ4v) is 1.09. The van der Waals surface area contributed by atoms with E-state index in [-0.39, 0.29) is 6.67 Å². The number of cyclic esters (lactones) is 1. The number of nitrogens with one attached hydrogen (secondary N) is 1. The van der Waals surface area contributed by atoms with Gasteiger partial charge in [-0.25, -0.2) is 9.59 Å². The molecule has 15 heavy (non-hydrogen) atoms. The molecule has 0 aromatic heterocycles. The maximum Gasteiger partial charge on any atom is 0.411 e. The van der Waals surface area contributed by atoms with Crippen LogP contribution < -0.4 is 5.32 Å². The van der Waals surface area contributed by atoms with Crippen LogP contribution in [0.2, 0.25) is 0 Å².